The summed E-state index contributed by atoms with van der Waals surface area (Å²) in [5.41, 5.74) is 6.17. The molecule has 2 atom stereocenters. The minimum atomic E-state index is -1.15. The Morgan fingerprint density at radius 2 is 1.70 bits per heavy atom. The maximum absolute atomic E-state index is 14.2. The van der Waals surface area contributed by atoms with Crippen molar-refractivity contribution in [2.45, 2.75) is 51.2 Å². The van der Waals surface area contributed by atoms with Crippen molar-refractivity contribution in [2.24, 2.45) is 11.1 Å². The van der Waals surface area contributed by atoms with E-state index in [0.29, 0.717) is 25.8 Å². The van der Waals surface area contributed by atoms with Gasteiger partial charge >= 0.3 is 0 Å². The van der Waals surface area contributed by atoms with Crippen LogP contribution in [0.4, 0.5) is 0 Å². The first-order valence-electron chi connectivity index (χ1n) is 13.8. The van der Waals surface area contributed by atoms with Gasteiger partial charge in [-0.05, 0) is 56.2 Å². The Morgan fingerprint density at radius 3 is 2.38 bits per heavy atom. The van der Waals surface area contributed by atoms with Crippen molar-refractivity contribution in [3.8, 4) is 0 Å². The van der Waals surface area contributed by atoms with Crippen molar-refractivity contribution in [1.82, 2.24) is 24.8 Å². The molecule has 1 unspecified atom stereocenters. The van der Waals surface area contributed by atoms with Gasteiger partial charge in [0.25, 0.3) is 0 Å². The van der Waals surface area contributed by atoms with Crippen molar-refractivity contribution >= 4 is 28.6 Å². The number of carbonyl (C=O) groups excluding carboxylic acids is 3. The number of likely N-dealkylation sites (tertiary alicyclic amines) is 1. The van der Waals surface area contributed by atoms with Crippen LogP contribution in [0.1, 0.15) is 32.3 Å². The van der Waals surface area contributed by atoms with Gasteiger partial charge in [-0.2, -0.15) is 0 Å². The number of amides is 3. The third-order valence-corrected chi connectivity index (χ3v) is 7.87. The topological polar surface area (TPSA) is 104 Å². The lowest BCUT2D eigenvalue weighted by molar-refractivity contribution is -0.159. The highest BCUT2D eigenvalue weighted by Crippen LogP contribution is 2.36. The molecule has 3 aromatic rings. The monoisotopic (exact) mass is 546 g/mol. The summed E-state index contributed by atoms with van der Waals surface area (Å²) in [5, 5.41) is 7.36. The number of rotatable bonds is 9. The summed E-state index contributed by atoms with van der Waals surface area (Å²) < 4.78 is 1.98. The van der Waals surface area contributed by atoms with Crippen molar-refractivity contribution in [3.05, 3.63) is 72.4 Å². The average Bonchev–Trinajstić information content (AvgIpc) is 3.34. The Hall–Kier alpha value is -3.69. The van der Waals surface area contributed by atoms with Crippen LogP contribution in [0.3, 0.4) is 0 Å². The minimum absolute atomic E-state index is 0.0288. The number of carbonyl (C=O) groups is 3. The molecule has 4 rings (SSSR count). The SMILES string of the molecule is CN(C)N(C)C(=O)C1(Cc2ccccc2)CCCN(C(=O)[C@@H](Cn2ccc3ccccc32)NC(=O)C(C)(C)N)C1. The Morgan fingerprint density at radius 1 is 1.02 bits per heavy atom. The smallest absolute Gasteiger partial charge is 0.247 e. The molecule has 3 amide bonds. The second-order valence-electron chi connectivity index (χ2n) is 11.8. The number of aromatic nitrogens is 1. The molecule has 1 saturated heterocycles. The molecule has 0 radical (unpaired) electrons. The summed E-state index contributed by atoms with van der Waals surface area (Å²) in [7, 11) is 5.43. The van der Waals surface area contributed by atoms with Crippen LogP contribution in [0.25, 0.3) is 10.9 Å². The molecule has 214 valence electrons. The van der Waals surface area contributed by atoms with Crippen LogP contribution in [0.2, 0.25) is 0 Å². The molecule has 0 saturated carbocycles. The Balaban J connectivity index is 1.66. The summed E-state index contributed by atoms with van der Waals surface area (Å²) >= 11 is 0. The molecular weight excluding hydrogens is 504 g/mol. The van der Waals surface area contributed by atoms with Gasteiger partial charge < -0.3 is 20.5 Å². The second-order valence-corrected chi connectivity index (χ2v) is 11.8. The van der Waals surface area contributed by atoms with Crippen LogP contribution in [-0.2, 0) is 27.3 Å². The predicted molar refractivity (Wildman–Crippen MR) is 157 cm³/mol. The van der Waals surface area contributed by atoms with Gasteiger partial charge in [0, 0.05) is 45.9 Å². The molecule has 9 nitrogen and oxygen atoms in total. The number of nitrogens with one attached hydrogen (secondary N) is 1. The zero-order chi connectivity index (χ0) is 29.1. The van der Waals surface area contributed by atoms with E-state index in [2.05, 4.69) is 5.32 Å². The standard InChI is InChI=1S/C31H42N6O3/c1-30(2,32)28(39)33-25(21-36-19-16-24-14-9-10-15-26(24)36)27(38)37-18-11-17-31(22-37,29(40)35(5)34(3)4)20-23-12-7-6-8-13-23/h6-10,12-16,19,25H,11,17-18,20-22,32H2,1-5H3,(H,33,39)/t25-,31?/m1/s1. The first-order valence-corrected chi connectivity index (χ1v) is 13.8. The number of hydrazine groups is 1. The van der Waals surface area contributed by atoms with Crippen LogP contribution in [-0.4, -0.2) is 83.0 Å². The molecule has 40 heavy (non-hydrogen) atoms. The van der Waals surface area contributed by atoms with Gasteiger partial charge in [-0.15, -0.1) is 0 Å². The second kappa shape index (κ2) is 11.8. The summed E-state index contributed by atoms with van der Waals surface area (Å²) in [5.74, 6) is -0.648. The number of nitrogens with zero attached hydrogens (tertiary/aromatic N) is 4. The quantitative estimate of drug-likeness (QED) is 0.402. The van der Waals surface area contributed by atoms with Gasteiger partial charge in [0.2, 0.25) is 17.7 Å². The number of piperidine rings is 1. The predicted octanol–water partition coefficient (Wildman–Crippen LogP) is 2.65. The van der Waals surface area contributed by atoms with Crippen LogP contribution in [0, 0.1) is 5.41 Å². The third kappa shape index (κ3) is 6.37. The first-order chi connectivity index (χ1) is 18.9. The van der Waals surface area contributed by atoms with Gasteiger partial charge in [0.15, 0.2) is 0 Å². The Kier molecular flexibility index (Phi) is 8.65. The molecule has 1 aliphatic heterocycles. The van der Waals surface area contributed by atoms with E-state index in [1.165, 1.54) is 0 Å². The molecule has 2 heterocycles. The van der Waals surface area contributed by atoms with E-state index >= 15 is 0 Å². The third-order valence-electron chi connectivity index (χ3n) is 7.87. The van der Waals surface area contributed by atoms with Crippen molar-refractivity contribution < 1.29 is 14.4 Å². The van der Waals surface area contributed by atoms with Crippen LogP contribution >= 0.6 is 0 Å². The van der Waals surface area contributed by atoms with Crippen LogP contribution in [0.15, 0.2) is 66.9 Å². The fraction of sp³-hybridized carbons (Fsp3) is 0.452. The van der Waals surface area contributed by atoms with Crippen molar-refractivity contribution in [2.75, 3.05) is 34.2 Å². The summed E-state index contributed by atoms with van der Waals surface area (Å²) in [6.45, 7) is 4.27. The zero-order valence-corrected chi connectivity index (χ0v) is 24.3. The number of benzene rings is 2. The lowest BCUT2D eigenvalue weighted by Gasteiger charge is -2.45. The van der Waals surface area contributed by atoms with E-state index in [-0.39, 0.29) is 24.9 Å². The van der Waals surface area contributed by atoms with Crippen LogP contribution < -0.4 is 11.1 Å². The largest absolute Gasteiger partial charge is 0.345 e. The fourth-order valence-electron chi connectivity index (χ4n) is 5.47. The van der Waals surface area contributed by atoms with E-state index < -0.39 is 22.9 Å². The molecule has 2 aromatic carbocycles. The normalized spacial score (nSPS) is 18.5. The van der Waals surface area contributed by atoms with Gasteiger partial charge in [-0.3, -0.25) is 19.4 Å². The molecule has 1 aromatic heterocycles. The summed E-state index contributed by atoms with van der Waals surface area (Å²) in [6.07, 6.45) is 3.79. The van der Waals surface area contributed by atoms with Crippen molar-refractivity contribution in [3.63, 3.8) is 0 Å². The van der Waals surface area contributed by atoms with Gasteiger partial charge in [0.1, 0.15) is 6.04 Å². The fourth-order valence-corrected chi connectivity index (χ4v) is 5.47. The minimum Gasteiger partial charge on any atom is -0.345 e. The number of nitrogens with two attached hydrogens (primary N) is 1. The highest BCUT2D eigenvalue weighted by Gasteiger charge is 2.46. The van der Waals surface area contributed by atoms with E-state index in [1.807, 2.05) is 85.5 Å². The molecule has 1 aliphatic rings. The molecule has 0 aliphatic carbocycles. The Labute approximate surface area is 236 Å². The molecule has 1 fully saturated rings. The van der Waals surface area contributed by atoms with Gasteiger partial charge in [-0.1, -0.05) is 48.5 Å². The summed E-state index contributed by atoms with van der Waals surface area (Å²) in [6, 6.07) is 19.0. The zero-order valence-electron chi connectivity index (χ0n) is 24.3. The lowest BCUT2D eigenvalue weighted by Crippen LogP contribution is -2.61. The number of hydrogen-bond acceptors (Lipinski definition) is 5. The maximum atomic E-state index is 14.2. The number of para-hydroxylation sites is 1. The van der Waals surface area contributed by atoms with Gasteiger partial charge in [-0.25, -0.2) is 5.01 Å². The molecular formula is C31H42N6O3. The van der Waals surface area contributed by atoms with E-state index in [4.69, 9.17) is 5.73 Å². The molecule has 9 heteroatoms. The lowest BCUT2D eigenvalue weighted by atomic mass is 9.74. The maximum Gasteiger partial charge on any atom is 0.247 e. The van der Waals surface area contributed by atoms with E-state index in [1.54, 1.807) is 35.8 Å². The Bertz CT molecular complexity index is 1350. The summed E-state index contributed by atoms with van der Waals surface area (Å²) in [4.78, 5) is 43.0. The first kappa shape index (κ1) is 29.3. The molecule has 0 spiro atoms. The number of fused-ring (bicyclic) bond motifs is 1. The van der Waals surface area contributed by atoms with Gasteiger partial charge in [0.05, 0.1) is 17.5 Å². The average molecular weight is 547 g/mol. The number of hydrogen-bond donors (Lipinski definition) is 2. The molecule has 3 N–H and O–H groups in total. The van der Waals surface area contributed by atoms with E-state index in [0.717, 1.165) is 16.5 Å². The van der Waals surface area contributed by atoms with Crippen LogP contribution in [0.5, 0.6) is 0 Å². The highest BCUT2D eigenvalue weighted by atomic mass is 16.2. The molecule has 0 bridgehead atoms. The van der Waals surface area contributed by atoms with Crippen molar-refractivity contribution in [1.29, 1.82) is 0 Å². The highest BCUT2D eigenvalue weighted by molar-refractivity contribution is 5.92. The van der Waals surface area contributed by atoms with E-state index in [9.17, 15) is 14.4 Å².